The van der Waals surface area contributed by atoms with E-state index in [2.05, 4.69) is 4.98 Å². The van der Waals surface area contributed by atoms with Crippen molar-refractivity contribution < 1.29 is 4.79 Å². The molecule has 1 aromatic rings. The molecule has 2 nitrogen and oxygen atoms in total. The number of aldehydes is 1. The Morgan fingerprint density at radius 3 is 2.91 bits per heavy atom. The SMILES string of the molecule is O=Cc1nc2c(s1)CCCC2. The summed E-state index contributed by atoms with van der Waals surface area (Å²) in [5.74, 6) is 0. The van der Waals surface area contributed by atoms with Gasteiger partial charge in [0.2, 0.25) is 0 Å². The van der Waals surface area contributed by atoms with E-state index in [0.29, 0.717) is 5.01 Å². The van der Waals surface area contributed by atoms with Gasteiger partial charge >= 0.3 is 0 Å². The van der Waals surface area contributed by atoms with E-state index >= 15 is 0 Å². The molecule has 1 aromatic heterocycles. The Bertz CT molecular complexity index is 256. The van der Waals surface area contributed by atoms with E-state index in [-0.39, 0.29) is 0 Å². The van der Waals surface area contributed by atoms with Crippen LogP contribution < -0.4 is 0 Å². The van der Waals surface area contributed by atoms with E-state index in [9.17, 15) is 4.79 Å². The second-order valence-corrected chi connectivity index (χ2v) is 3.86. The van der Waals surface area contributed by atoms with Gasteiger partial charge in [0.1, 0.15) is 0 Å². The minimum absolute atomic E-state index is 0.650. The first-order valence-electron chi connectivity index (χ1n) is 3.84. The molecule has 0 fully saturated rings. The molecule has 0 aliphatic heterocycles. The van der Waals surface area contributed by atoms with Crippen molar-refractivity contribution in [3.63, 3.8) is 0 Å². The molecule has 0 amide bonds. The van der Waals surface area contributed by atoms with Crippen LogP contribution in [0.5, 0.6) is 0 Å². The molecule has 3 heteroatoms. The van der Waals surface area contributed by atoms with Crippen LogP contribution in [-0.2, 0) is 12.8 Å². The summed E-state index contributed by atoms with van der Waals surface area (Å²) in [4.78, 5) is 15.9. The summed E-state index contributed by atoms with van der Waals surface area (Å²) in [5, 5.41) is 0.650. The average molecular weight is 167 g/mol. The number of aryl methyl sites for hydroxylation is 2. The number of carbonyl (C=O) groups excluding carboxylic acids is 1. The van der Waals surface area contributed by atoms with Crippen LogP contribution in [0.2, 0.25) is 0 Å². The summed E-state index contributed by atoms with van der Waals surface area (Å²) in [5.41, 5.74) is 1.17. The van der Waals surface area contributed by atoms with E-state index in [0.717, 1.165) is 19.1 Å². The van der Waals surface area contributed by atoms with Crippen molar-refractivity contribution in [2.24, 2.45) is 0 Å². The smallest absolute Gasteiger partial charge is 0.178 e. The summed E-state index contributed by atoms with van der Waals surface area (Å²) in [6.45, 7) is 0. The molecular formula is C8H9NOS. The fourth-order valence-electron chi connectivity index (χ4n) is 1.42. The molecule has 0 saturated carbocycles. The summed E-state index contributed by atoms with van der Waals surface area (Å²) >= 11 is 1.56. The molecule has 1 aliphatic rings. The number of nitrogens with zero attached hydrogens (tertiary/aromatic N) is 1. The van der Waals surface area contributed by atoms with Crippen LogP contribution in [0.3, 0.4) is 0 Å². The molecule has 58 valence electrons. The molecule has 0 saturated heterocycles. The van der Waals surface area contributed by atoms with Gasteiger partial charge in [-0.05, 0) is 25.7 Å². The van der Waals surface area contributed by atoms with Crippen LogP contribution in [0, 0.1) is 0 Å². The Kier molecular flexibility index (Phi) is 1.74. The van der Waals surface area contributed by atoms with Crippen LogP contribution in [0.25, 0.3) is 0 Å². The van der Waals surface area contributed by atoms with E-state index in [1.54, 1.807) is 11.3 Å². The van der Waals surface area contributed by atoms with E-state index in [1.165, 1.54) is 23.4 Å². The molecule has 1 aliphatic carbocycles. The highest BCUT2D eigenvalue weighted by molar-refractivity contribution is 7.13. The van der Waals surface area contributed by atoms with Crippen LogP contribution in [0.1, 0.15) is 33.2 Å². The predicted molar refractivity (Wildman–Crippen MR) is 44.1 cm³/mol. The van der Waals surface area contributed by atoms with E-state index in [4.69, 9.17) is 0 Å². The maximum atomic E-state index is 10.4. The topological polar surface area (TPSA) is 30.0 Å². The van der Waals surface area contributed by atoms with Crippen LogP contribution in [-0.4, -0.2) is 11.3 Å². The highest BCUT2D eigenvalue weighted by Gasteiger charge is 2.13. The van der Waals surface area contributed by atoms with Gasteiger partial charge in [0.25, 0.3) is 0 Å². The number of hydrogen-bond acceptors (Lipinski definition) is 3. The highest BCUT2D eigenvalue weighted by Crippen LogP contribution is 2.25. The third kappa shape index (κ3) is 1.20. The molecule has 0 radical (unpaired) electrons. The molecule has 2 rings (SSSR count). The fourth-order valence-corrected chi connectivity index (χ4v) is 2.39. The summed E-state index contributed by atoms with van der Waals surface area (Å²) < 4.78 is 0. The monoisotopic (exact) mass is 167 g/mol. The van der Waals surface area contributed by atoms with Gasteiger partial charge in [-0.25, -0.2) is 4.98 Å². The summed E-state index contributed by atoms with van der Waals surface area (Å²) in [7, 11) is 0. The molecule has 0 unspecified atom stereocenters. The average Bonchev–Trinajstić information content (AvgIpc) is 2.46. The lowest BCUT2D eigenvalue weighted by molar-refractivity contribution is 0.112. The third-order valence-corrected chi connectivity index (χ3v) is 3.05. The minimum Gasteiger partial charge on any atom is -0.295 e. The van der Waals surface area contributed by atoms with Crippen molar-refractivity contribution in [3.05, 3.63) is 15.6 Å². The third-order valence-electron chi connectivity index (χ3n) is 1.96. The molecule has 11 heavy (non-hydrogen) atoms. The number of fused-ring (bicyclic) bond motifs is 1. The molecule has 0 aromatic carbocycles. The van der Waals surface area contributed by atoms with Crippen molar-refractivity contribution in [1.82, 2.24) is 4.98 Å². The number of thiazole rings is 1. The Morgan fingerprint density at radius 1 is 1.36 bits per heavy atom. The predicted octanol–water partition coefficient (Wildman–Crippen LogP) is 1.83. The van der Waals surface area contributed by atoms with Crippen molar-refractivity contribution in [2.45, 2.75) is 25.7 Å². The van der Waals surface area contributed by atoms with Gasteiger partial charge in [0, 0.05) is 4.88 Å². The first kappa shape index (κ1) is 6.98. The van der Waals surface area contributed by atoms with E-state index in [1.807, 2.05) is 0 Å². The molecule has 0 atom stereocenters. The van der Waals surface area contributed by atoms with Gasteiger partial charge in [-0.2, -0.15) is 0 Å². The molecule has 0 spiro atoms. The van der Waals surface area contributed by atoms with Crippen molar-refractivity contribution in [1.29, 1.82) is 0 Å². The van der Waals surface area contributed by atoms with Crippen molar-refractivity contribution in [3.8, 4) is 0 Å². The quantitative estimate of drug-likeness (QED) is 0.597. The number of carbonyl (C=O) groups is 1. The first-order chi connectivity index (χ1) is 5.40. The van der Waals surface area contributed by atoms with Crippen LogP contribution >= 0.6 is 11.3 Å². The Hall–Kier alpha value is -0.700. The zero-order valence-corrected chi connectivity index (χ0v) is 6.99. The molecule has 0 bridgehead atoms. The van der Waals surface area contributed by atoms with Gasteiger partial charge in [0.15, 0.2) is 11.3 Å². The van der Waals surface area contributed by atoms with Crippen LogP contribution in [0.4, 0.5) is 0 Å². The summed E-state index contributed by atoms with van der Waals surface area (Å²) in [6.07, 6.45) is 5.53. The standard InChI is InChI=1S/C8H9NOS/c10-5-8-9-6-3-1-2-4-7(6)11-8/h5H,1-4H2. The lowest BCUT2D eigenvalue weighted by Crippen LogP contribution is -1.98. The van der Waals surface area contributed by atoms with Gasteiger partial charge in [-0.3, -0.25) is 4.79 Å². The zero-order chi connectivity index (χ0) is 7.68. The van der Waals surface area contributed by atoms with Crippen molar-refractivity contribution in [2.75, 3.05) is 0 Å². The molecule has 0 N–H and O–H groups in total. The Labute approximate surface area is 69.3 Å². The van der Waals surface area contributed by atoms with Crippen molar-refractivity contribution >= 4 is 17.6 Å². The zero-order valence-electron chi connectivity index (χ0n) is 6.17. The molecule has 1 heterocycles. The first-order valence-corrected chi connectivity index (χ1v) is 4.65. The van der Waals surface area contributed by atoms with Gasteiger partial charge in [-0.15, -0.1) is 11.3 Å². The van der Waals surface area contributed by atoms with E-state index < -0.39 is 0 Å². The van der Waals surface area contributed by atoms with Gasteiger partial charge in [-0.1, -0.05) is 0 Å². The van der Waals surface area contributed by atoms with Gasteiger partial charge in [0.05, 0.1) is 5.69 Å². The fraction of sp³-hybridized carbons (Fsp3) is 0.500. The Morgan fingerprint density at radius 2 is 2.18 bits per heavy atom. The number of aromatic nitrogens is 1. The van der Waals surface area contributed by atoms with Crippen LogP contribution in [0.15, 0.2) is 0 Å². The normalized spacial score (nSPS) is 16.0. The highest BCUT2D eigenvalue weighted by atomic mass is 32.1. The molecular weight excluding hydrogens is 158 g/mol. The largest absolute Gasteiger partial charge is 0.295 e. The number of rotatable bonds is 1. The maximum Gasteiger partial charge on any atom is 0.178 e. The second-order valence-electron chi connectivity index (χ2n) is 2.75. The van der Waals surface area contributed by atoms with Gasteiger partial charge < -0.3 is 0 Å². The second kappa shape index (κ2) is 2.74. The summed E-state index contributed by atoms with van der Waals surface area (Å²) in [6, 6.07) is 0. The maximum absolute atomic E-state index is 10.4. The minimum atomic E-state index is 0.650. The lowest BCUT2D eigenvalue weighted by Gasteiger charge is -2.06. The number of hydrogen-bond donors (Lipinski definition) is 0. The Balaban J connectivity index is 2.39. The lowest BCUT2D eigenvalue weighted by atomic mass is 10.0.